The first-order valence-corrected chi connectivity index (χ1v) is 5.45. The van der Waals surface area contributed by atoms with Crippen LogP contribution in [0.5, 0.6) is 0 Å². The maximum Gasteiger partial charge on any atom is 0.326 e. The number of carbonyl (C=O) groups excluding carboxylic acids is 1. The van der Waals surface area contributed by atoms with Gasteiger partial charge in [0.15, 0.2) is 0 Å². The van der Waals surface area contributed by atoms with Gasteiger partial charge in [0, 0.05) is 25.7 Å². The predicted octanol–water partition coefficient (Wildman–Crippen LogP) is 1.52. The zero-order valence-corrected chi connectivity index (χ0v) is 10.4. The molecule has 1 aromatic rings. The topological polar surface area (TPSA) is 79.3 Å². The molecule has 1 amide bonds. The summed E-state index contributed by atoms with van der Waals surface area (Å²) in [5, 5.41) is 11.8. The molecule has 0 spiro atoms. The Morgan fingerprint density at radius 1 is 1.41 bits per heavy atom. The number of nitrogens with one attached hydrogen (secondary N) is 1. The van der Waals surface area contributed by atoms with Crippen molar-refractivity contribution in [2.75, 3.05) is 0 Å². The number of aromatic nitrogens is 1. The van der Waals surface area contributed by atoms with Crippen LogP contribution in [0, 0.1) is 0 Å². The van der Waals surface area contributed by atoms with E-state index in [1.807, 2.05) is 0 Å². The molecule has 0 radical (unpaired) electrons. The fourth-order valence-corrected chi connectivity index (χ4v) is 1.80. The van der Waals surface area contributed by atoms with Crippen LogP contribution in [0.2, 0.25) is 10.0 Å². The quantitative estimate of drug-likeness (QED) is 0.874. The summed E-state index contributed by atoms with van der Waals surface area (Å²) in [7, 11) is 0. The van der Waals surface area contributed by atoms with Gasteiger partial charge >= 0.3 is 5.97 Å². The van der Waals surface area contributed by atoms with Crippen molar-refractivity contribution < 1.29 is 14.7 Å². The number of aliphatic carboxylic acids is 1. The molecule has 0 aliphatic carbocycles. The highest BCUT2D eigenvalue weighted by Gasteiger charge is 2.21. The zero-order chi connectivity index (χ0) is 13.0. The molecule has 0 bridgehead atoms. The van der Waals surface area contributed by atoms with E-state index in [0.29, 0.717) is 5.56 Å². The van der Waals surface area contributed by atoms with Crippen LogP contribution in [0.15, 0.2) is 12.4 Å². The average Bonchev–Trinajstić information content (AvgIpc) is 2.21. The van der Waals surface area contributed by atoms with Crippen LogP contribution in [-0.4, -0.2) is 28.0 Å². The number of carbonyl (C=O) groups is 2. The Balaban J connectivity index is 2.93. The Morgan fingerprint density at radius 2 is 1.94 bits per heavy atom. The molecule has 1 aromatic heterocycles. The monoisotopic (exact) mass is 276 g/mol. The van der Waals surface area contributed by atoms with Gasteiger partial charge in [0.1, 0.15) is 6.04 Å². The average molecular weight is 277 g/mol. The first-order chi connectivity index (χ1) is 7.91. The van der Waals surface area contributed by atoms with E-state index in [0.717, 1.165) is 0 Å². The number of pyridine rings is 1. The second kappa shape index (κ2) is 5.84. The van der Waals surface area contributed by atoms with Gasteiger partial charge in [-0.3, -0.25) is 9.78 Å². The molecule has 92 valence electrons. The van der Waals surface area contributed by atoms with Crippen molar-refractivity contribution in [3.8, 4) is 0 Å². The maximum absolute atomic E-state index is 10.9. The minimum atomic E-state index is -1.15. The van der Waals surface area contributed by atoms with Crippen molar-refractivity contribution in [2.24, 2.45) is 0 Å². The Labute approximate surface area is 108 Å². The van der Waals surface area contributed by atoms with Crippen molar-refractivity contribution in [3.05, 3.63) is 28.0 Å². The van der Waals surface area contributed by atoms with Gasteiger partial charge in [-0.2, -0.15) is 0 Å². The number of halogens is 2. The standard InChI is InChI=1S/C10H10Cl2N2O3/c1-5(15)14-9(10(16)17)2-6-7(11)3-13-4-8(6)12/h3-4,9H,2H2,1H3,(H,14,15)(H,16,17). The highest BCUT2D eigenvalue weighted by molar-refractivity contribution is 6.35. The largest absolute Gasteiger partial charge is 0.480 e. The third-order valence-corrected chi connectivity index (χ3v) is 2.69. The number of rotatable bonds is 4. The van der Waals surface area contributed by atoms with Gasteiger partial charge in [0.05, 0.1) is 10.0 Å². The molecular weight excluding hydrogens is 267 g/mol. The smallest absolute Gasteiger partial charge is 0.326 e. The maximum atomic E-state index is 10.9. The van der Waals surface area contributed by atoms with Crippen LogP contribution in [0.25, 0.3) is 0 Å². The molecular formula is C10H10Cl2N2O3. The molecule has 5 nitrogen and oxygen atoms in total. The first kappa shape index (κ1) is 13.7. The molecule has 1 rings (SSSR count). The Morgan fingerprint density at radius 3 is 2.35 bits per heavy atom. The molecule has 0 aliphatic rings. The number of nitrogens with zero attached hydrogens (tertiary/aromatic N) is 1. The second-order valence-corrected chi connectivity index (χ2v) is 4.19. The SMILES string of the molecule is CC(=O)NC(Cc1c(Cl)cncc1Cl)C(=O)O. The molecule has 0 saturated carbocycles. The van der Waals surface area contributed by atoms with E-state index in [9.17, 15) is 9.59 Å². The lowest BCUT2D eigenvalue weighted by Gasteiger charge is -2.14. The molecule has 1 atom stereocenters. The van der Waals surface area contributed by atoms with Crippen LogP contribution in [0.3, 0.4) is 0 Å². The minimum Gasteiger partial charge on any atom is -0.480 e. The van der Waals surface area contributed by atoms with E-state index < -0.39 is 17.9 Å². The molecule has 0 aromatic carbocycles. The third kappa shape index (κ3) is 3.87. The molecule has 17 heavy (non-hydrogen) atoms. The van der Waals surface area contributed by atoms with Crippen LogP contribution >= 0.6 is 23.2 Å². The highest BCUT2D eigenvalue weighted by Crippen LogP contribution is 2.24. The number of carboxylic acid groups (broad SMARTS) is 1. The number of carboxylic acids is 1. The van der Waals surface area contributed by atoms with Crippen LogP contribution in [0.1, 0.15) is 12.5 Å². The molecule has 1 heterocycles. The van der Waals surface area contributed by atoms with Crippen molar-refractivity contribution in [3.63, 3.8) is 0 Å². The van der Waals surface area contributed by atoms with Gasteiger partial charge in [-0.05, 0) is 5.56 Å². The summed E-state index contributed by atoms with van der Waals surface area (Å²) < 4.78 is 0. The summed E-state index contributed by atoms with van der Waals surface area (Å²) in [6.07, 6.45) is 2.75. The number of amides is 1. The van der Waals surface area contributed by atoms with Crippen LogP contribution in [-0.2, 0) is 16.0 Å². The molecule has 0 aliphatic heterocycles. The van der Waals surface area contributed by atoms with Gasteiger partial charge in [-0.25, -0.2) is 4.79 Å². The molecule has 2 N–H and O–H groups in total. The molecule has 7 heteroatoms. The van der Waals surface area contributed by atoms with E-state index in [2.05, 4.69) is 10.3 Å². The number of hydrogen-bond acceptors (Lipinski definition) is 3. The van der Waals surface area contributed by atoms with Gasteiger partial charge in [0.2, 0.25) is 5.91 Å². The summed E-state index contributed by atoms with van der Waals surface area (Å²) in [5.74, 6) is -1.58. The Kier molecular flexibility index (Phi) is 4.72. The zero-order valence-electron chi connectivity index (χ0n) is 8.91. The fourth-order valence-electron chi connectivity index (χ4n) is 1.28. The summed E-state index contributed by atoms with van der Waals surface area (Å²) in [6.45, 7) is 1.24. The van der Waals surface area contributed by atoms with Gasteiger partial charge in [-0.15, -0.1) is 0 Å². The van der Waals surface area contributed by atoms with E-state index in [1.165, 1.54) is 19.3 Å². The molecule has 0 saturated heterocycles. The van der Waals surface area contributed by atoms with E-state index in [1.54, 1.807) is 0 Å². The van der Waals surface area contributed by atoms with Crippen molar-refractivity contribution in [1.82, 2.24) is 10.3 Å². The summed E-state index contributed by atoms with van der Waals surface area (Å²) >= 11 is 11.7. The fraction of sp³-hybridized carbons (Fsp3) is 0.300. The Hall–Kier alpha value is -1.33. The third-order valence-electron chi connectivity index (χ3n) is 2.04. The minimum absolute atomic E-state index is 0.00903. The van der Waals surface area contributed by atoms with Crippen molar-refractivity contribution in [1.29, 1.82) is 0 Å². The molecule has 1 unspecified atom stereocenters. The van der Waals surface area contributed by atoms with Crippen molar-refractivity contribution >= 4 is 35.1 Å². The lowest BCUT2D eigenvalue weighted by atomic mass is 10.1. The first-order valence-electron chi connectivity index (χ1n) is 4.69. The summed E-state index contributed by atoms with van der Waals surface area (Å²) in [5.41, 5.74) is 0.449. The van der Waals surface area contributed by atoms with Gasteiger partial charge < -0.3 is 10.4 Å². The van der Waals surface area contributed by atoms with Crippen LogP contribution in [0.4, 0.5) is 0 Å². The lowest BCUT2D eigenvalue weighted by molar-refractivity contribution is -0.141. The van der Waals surface area contributed by atoms with E-state index >= 15 is 0 Å². The molecule has 0 fully saturated rings. The predicted molar refractivity (Wildman–Crippen MR) is 63.2 cm³/mol. The summed E-state index contributed by atoms with van der Waals surface area (Å²) in [4.78, 5) is 25.6. The highest BCUT2D eigenvalue weighted by atomic mass is 35.5. The van der Waals surface area contributed by atoms with E-state index in [-0.39, 0.29) is 16.5 Å². The number of hydrogen-bond donors (Lipinski definition) is 2. The normalized spacial score (nSPS) is 11.9. The van der Waals surface area contributed by atoms with Gasteiger partial charge in [0.25, 0.3) is 0 Å². The second-order valence-electron chi connectivity index (χ2n) is 3.38. The van der Waals surface area contributed by atoms with E-state index in [4.69, 9.17) is 28.3 Å². The van der Waals surface area contributed by atoms with Gasteiger partial charge in [-0.1, -0.05) is 23.2 Å². The lowest BCUT2D eigenvalue weighted by Crippen LogP contribution is -2.41. The Bertz CT molecular complexity index is 431. The van der Waals surface area contributed by atoms with Crippen LogP contribution < -0.4 is 5.32 Å². The van der Waals surface area contributed by atoms with Crippen molar-refractivity contribution in [2.45, 2.75) is 19.4 Å². The summed E-state index contributed by atoms with van der Waals surface area (Å²) in [6, 6.07) is -1.06.